The number of hydrogen-bond acceptors (Lipinski definition) is 6. The van der Waals surface area contributed by atoms with Crippen LogP contribution < -0.4 is 10.1 Å². The lowest BCUT2D eigenvalue weighted by atomic mass is 9.87. The molecule has 0 bridgehead atoms. The molecule has 31 heavy (non-hydrogen) atoms. The molecule has 168 valence electrons. The van der Waals surface area contributed by atoms with Crippen LogP contribution in [0.3, 0.4) is 0 Å². The topological polar surface area (TPSA) is 84.9 Å². The van der Waals surface area contributed by atoms with Crippen LogP contribution in [-0.2, 0) is 16.0 Å². The number of carbonyl (C=O) groups excluding carboxylic acids is 2. The molecule has 2 atom stereocenters. The summed E-state index contributed by atoms with van der Waals surface area (Å²) in [6.45, 7) is 12.1. The summed E-state index contributed by atoms with van der Waals surface area (Å²) in [6.07, 6.45) is 5.95. The van der Waals surface area contributed by atoms with Crippen molar-refractivity contribution in [2.75, 3.05) is 6.61 Å². The van der Waals surface area contributed by atoms with Gasteiger partial charge in [-0.2, -0.15) is 0 Å². The quantitative estimate of drug-likeness (QED) is 0.473. The Balaban J connectivity index is 1.62. The molecule has 0 aliphatic carbocycles. The zero-order chi connectivity index (χ0) is 22.9. The van der Waals surface area contributed by atoms with Crippen LogP contribution in [0.5, 0.6) is 11.5 Å². The van der Waals surface area contributed by atoms with Crippen molar-refractivity contribution in [1.29, 1.82) is 0 Å². The average Bonchev–Trinajstić information content (AvgIpc) is 3.04. The normalized spacial score (nSPS) is 24.0. The highest BCUT2D eigenvalue weighted by atomic mass is 32.2. The van der Waals surface area contributed by atoms with Gasteiger partial charge in [0, 0.05) is 5.56 Å². The molecule has 2 unspecified atom stereocenters. The van der Waals surface area contributed by atoms with E-state index in [2.05, 4.69) is 5.32 Å². The molecule has 0 spiro atoms. The van der Waals surface area contributed by atoms with E-state index in [1.165, 1.54) is 0 Å². The van der Waals surface area contributed by atoms with Gasteiger partial charge in [-0.1, -0.05) is 23.4 Å². The number of thioether (sulfide) groups is 1. The first-order chi connectivity index (χ1) is 14.5. The van der Waals surface area contributed by atoms with Crippen molar-refractivity contribution < 1.29 is 24.2 Å². The lowest BCUT2D eigenvalue weighted by Crippen LogP contribution is -2.41. The SMILES string of the molecule is C/C(=C\C=C(/C)OCC1(C)CCc2c(C)c(O)c(C)c(C)c2O1)CC1SC(=O)NC1=O. The molecule has 2 heterocycles. The van der Waals surface area contributed by atoms with E-state index in [1.54, 1.807) is 0 Å². The number of ether oxygens (including phenoxy) is 2. The van der Waals surface area contributed by atoms with Crippen molar-refractivity contribution in [1.82, 2.24) is 5.32 Å². The molecular weight excluding hydrogens is 414 g/mol. The Kier molecular flexibility index (Phi) is 6.74. The number of hydrogen-bond donors (Lipinski definition) is 2. The number of carbonyl (C=O) groups is 2. The van der Waals surface area contributed by atoms with Crippen LogP contribution in [0.15, 0.2) is 23.5 Å². The Morgan fingerprint density at radius 1 is 1.23 bits per heavy atom. The van der Waals surface area contributed by atoms with Crippen LogP contribution in [-0.4, -0.2) is 33.7 Å². The molecule has 1 aromatic rings. The van der Waals surface area contributed by atoms with Crippen molar-refractivity contribution >= 4 is 22.9 Å². The summed E-state index contributed by atoms with van der Waals surface area (Å²) in [6, 6.07) is 0. The minimum absolute atomic E-state index is 0.226. The number of aromatic hydroxyl groups is 1. The lowest BCUT2D eigenvalue weighted by molar-refractivity contribution is -0.118. The number of phenols is 1. The van der Waals surface area contributed by atoms with Gasteiger partial charge in [0.2, 0.25) is 5.91 Å². The van der Waals surface area contributed by atoms with Crippen molar-refractivity contribution in [2.45, 2.75) is 71.7 Å². The maximum atomic E-state index is 11.7. The molecular formula is C24H31NO5S. The molecule has 0 aromatic heterocycles. The van der Waals surface area contributed by atoms with Crippen LogP contribution in [0.1, 0.15) is 55.9 Å². The summed E-state index contributed by atoms with van der Waals surface area (Å²) in [4.78, 5) is 23.0. The van der Waals surface area contributed by atoms with E-state index in [0.717, 1.165) is 63.9 Å². The van der Waals surface area contributed by atoms with Crippen LogP contribution in [0.25, 0.3) is 0 Å². The monoisotopic (exact) mass is 445 g/mol. The zero-order valence-corrected chi connectivity index (χ0v) is 19.9. The Morgan fingerprint density at radius 2 is 1.94 bits per heavy atom. The van der Waals surface area contributed by atoms with E-state index in [-0.39, 0.29) is 16.4 Å². The summed E-state index contributed by atoms with van der Waals surface area (Å²) >= 11 is 1.04. The largest absolute Gasteiger partial charge is 0.507 e. The van der Waals surface area contributed by atoms with Crippen LogP contribution in [0.4, 0.5) is 4.79 Å². The van der Waals surface area contributed by atoms with Crippen molar-refractivity contribution in [3.8, 4) is 11.5 Å². The van der Waals surface area contributed by atoms with E-state index in [0.29, 0.717) is 18.8 Å². The summed E-state index contributed by atoms with van der Waals surface area (Å²) in [7, 11) is 0. The number of rotatable bonds is 6. The number of amides is 2. The molecule has 7 heteroatoms. The molecule has 0 saturated carbocycles. The highest BCUT2D eigenvalue weighted by Crippen LogP contribution is 2.43. The molecule has 2 amide bonds. The first-order valence-electron chi connectivity index (χ1n) is 10.5. The highest BCUT2D eigenvalue weighted by molar-refractivity contribution is 8.15. The summed E-state index contributed by atoms with van der Waals surface area (Å²) < 4.78 is 12.4. The summed E-state index contributed by atoms with van der Waals surface area (Å²) in [5.74, 6) is 1.75. The smallest absolute Gasteiger partial charge is 0.286 e. The second-order valence-corrected chi connectivity index (χ2v) is 9.93. The van der Waals surface area contributed by atoms with Gasteiger partial charge in [-0.25, -0.2) is 0 Å². The number of nitrogens with one attached hydrogen (secondary N) is 1. The van der Waals surface area contributed by atoms with E-state index < -0.39 is 5.60 Å². The van der Waals surface area contributed by atoms with Crippen molar-refractivity contribution in [3.05, 3.63) is 45.7 Å². The van der Waals surface area contributed by atoms with E-state index in [9.17, 15) is 14.7 Å². The second kappa shape index (κ2) is 8.99. The fourth-order valence-electron chi connectivity index (χ4n) is 3.86. The summed E-state index contributed by atoms with van der Waals surface area (Å²) in [5, 5.41) is 12.0. The minimum Gasteiger partial charge on any atom is -0.507 e. The maximum Gasteiger partial charge on any atom is 0.286 e. The number of allylic oxidation sites excluding steroid dienone is 4. The fraction of sp³-hybridized carbons (Fsp3) is 0.500. The number of imide groups is 1. The third kappa shape index (κ3) is 5.09. The first kappa shape index (κ1) is 23.3. The van der Waals surface area contributed by atoms with Crippen LogP contribution in [0, 0.1) is 20.8 Å². The van der Waals surface area contributed by atoms with Gasteiger partial charge in [0.05, 0.1) is 11.0 Å². The van der Waals surface area contributed by atoms with E-state index in [1.807, 2.05) is 53.7 Å². The third-order valence-electron chi connectivity index (χ3n) is 6.07. The van der Waals surface area contributed by atoms with Gasteiger partial charge in [-0.05, 0) is 83.6 Å². The van der Waals surface area contributed by atoms with Crippen LogP contribution >= 0.6 is 11.8 Å². The molecule has 6 nitrogen and oxygen atoms in total. The maximum absolute atomic E-state index is 11.7. The number of fused-ring (bicyclic) bond motifs is 1. The Morgan fingerprint density at radius 3 is 2.58 bits per heavy atom. The molecule has 3 rings (SSSR count). The standard InChI is InChI=1S/C24H31NO5S/c1-13(11-19-22(27)25-23(28)31-19)7-8-14(2)29-12-24(6)10-9-18-17(5)20(26)15(3)16(4)21(18)30-24/h7-8,19,26H,9-12H2,1-6H3,(H,25,27,28)/b13-7+,14-8+. The van der Waals surface area contributed by atoms with Gasteiger partial charge in [-0.15, -0.1) is 0 Å². The van der Waals surface area contributed by atoms with Gasteiger partial charge in [0.25, 0.3) is 5.24 Å². The highest BCUT2D eigenvalue weighted by Gasteiger charge is 2.35. The minimum atomic E-state index is -0.458. The molecule has 1 fully saturated rings. The average molecular weight is 446 g/mol. The zero-order valence-electron chi connectivity index (χ0n) is 19.0. The molecule has 2 aliphatic heterocycles. The predicted molar refractivity (Wildman–Crippen MR) is 123 cm³/mol. The van der Waals surface area contributed by atoms with Gasteiger partial charge in [0.15, 0.2) is 0 Å². The van der Waals surface area contributed by atoms with Gasteiger partial charge < -0.3 is 14.6 Å². The second-order valence-electron chi connectivity index (χ2n) is 8.75. The van der Waals surface area contributed by atoms with E-state index >= 15 is 0 Å². The Bertz CT molecular complexity index is 981. The molecule has 1 aromatic carbocycles. The Hall–Kier alpha value is -2.41. The molecule has 0 radical (unpaired) electrons. The van der Waals surface area contributed by atoms with Crippen molar-refractivity contribution in [2.24, 2.45) is 0 Å². The van der Waals surface area contributed by atoms with E-state index in [4.69, 9.17) is 9.47 Å². The first-order valence-corrected chi connectivity index (χ1v) is 11.4. The molecule has 2 N–H and O–H groups in total. The van der Waals surface area contributed by atoms with Crippen LogP contribution in [0.2, 0.25) is 0 Å². The number of phenolic OH excluding ortho intramolecular Hbond substituents is 1. The van der Waals surface area contributed by atoms with Crippen molar-refractivity contribution in [3.63, 3.8) is 0 Å². The summed E-state index contributed by atoms with van der Waals surface area (Å²) in [5.41, 5.74) is 4.35. The van der Waals surface area contributed by atoms with Gasteiger partial charge in [-0.3, -0.25) is 14.9 Å². The fourth-order valence-corrected chi connectivity index (χ4v) is 4.79. The van der Waals surface area contributed by atoms with Gasteiger partial charge >= 0.3 is 0 Å². The predicted octanol–water partition coefficient (Wildman–Crippen LogP) is 5.01. The molecule has 1 saturated heterocycles. The number of benzene rings is 1. The lowest BCUT2D eigenvalue weighted by Gasteiger charge is -2.37. The third-order valence-corrected chi connectivity index (χ3v) is 7.06. The van der Waals surface area contributed by atoms with Gasteiger partial charge in [0.1, 0.15) is 23.7 Å². The molecule has 2 aliphatic rings. The Labute approximate surface area is 188 Å².